The van der Waals surface area contributed by atoms with Gasteiger partial charge in [-0.25, -0.2) is 4.79 Å². The molecule has 1 aromatic carbocycles. The van der Waals surface area contributed by atoms with E-state index in [4.69, 9.17) is 4.74 Å². The van der Waals surface area contributed by atoms with E-state index in [1.165, 1.54) is 12.2 Å². The first kappa shape index (κ1) is 16.1. The molecule has 0 bridgehead atoms. The highest BCUT2D eigenvalue weighted by Crippen LogP contribution is 2.28. The molecule has 0 spiro atoms. The van der Waals surface area contributed by atoms with Crippen LogP contribution in [-0.4, -0.2) is 42.2 Å². The first-order valence-electron chi connectivity index (χ1n) is 8.03. The first-order chi connectivity index (χ1) is 11.3. The highest BCUT2D eigenvalue weighted by atomic mass is 32.2. The number of rotatable bonds is 5. The molecule has 1 aliphatic heterocycles. The zero-order valence-corrected chi connectivity index (χ0v) is 14.2. The van der Waals surface area contributed by atoms with Crippen molar-refractivity contribution in [3.63, 3.8) is 0 Å². The lowest BCUT2D eigenvalue weighted by molar-refractivity contribution is 0.237. The van der Waals surface area contributed by atoms with Gasteiger partial charge in [-0.3, -0.25) is 0 Å². The Morgan fingerprint density at radius 1 is 1.48 bits per heavy atom. The lowest BCUT2D eigenvalue weighted by Crippen LogP contribution is -2.44. The van der Waals surface area contributed by atoms with Crippen molar-refractivity contribution in [1.29, 1.82) is 0 Å². The van der Waals surface area contributed by atoms with Gasteiger partial charge in [0.15, 0.2) is 0 Å². The highest BCUT2D eigenvalue weighted by Gasteiger charge is 2.16. The molecule has 0 unspecified atom stereocenters. The minimum atomic E-state index is -0.0655. The Morgan fingerprint density at radius 3 is 3.17 bits per heavy atom. The van der Waals surface area contributed by atoms with Crippen LogP contribution in [0.5, 0.6) is 5.75 Å². The molecule has 1 atom stereocenters. The maximum absolute atomic E-state index is 12.0. The van der Waals surface area contributed by atoms with Gasteiger partial charge >= 0.3 is 6.03 Å². The Hall–Kier alpha value is -1.82. The van der Waals surface area contributed by atoms with Gasteiger partial charge in [0, 0.05) is 35.4 Å². The Balaban J connectivity index is 1.53. The fraction of sp³-hybridized carbons (Fsp3) is 0.471. The number of hydrogen-bond donors (Lipinski definition) is 3. The zero-order valence-electron chi connectivity index (χ0n) is 13.4. The third-order valence-electron chi connectivity index (χ3n) is 4.14. The minimum Gasteiger partial charge on any atom is -0.496 e. The Morgan fingerprint density at radius 2 is 2.39 bits per heavy atom. The molecule has 1 aliphatic rings. The maximum Gasteiger partial charge on any atom is 0.315 e. The van der Waals surface area contributed by atoms with Crippen molar-refractivity contribution in [1.82, 2.24) is 15.6 Å². The molecular formula is C17H23N3O2S. The average molecular weight is 333 g/mol. The van der Waals surface area contributed by atoms with Gasteiger partial charge in [0.1, 0.15) is 5.75 Å². The number of H-pyrrole nitrogens is 1. The van der Waals surface area contributed by atoms with Crippen molar-refractivity contribution in [2.75, 3.05) is 25.2 Å². The third-order valence-corrected chi connectivity index (χ3v) is 5.36. The van der Waals surface area contributed by atoms with E-state index in [1.807, 2.05) is 36.2 Å². The summed E-state index contributed by atoms with van der Waals surface area (Å²) in [4.78, 5) is 15.2. The van der Waals surface area contributed by atoms with E-state index >= 15 is 0 Å². The molecule has 2 amide bonds. The zero-order chi connectivity index (χ0) is 16.1. The number of aromatic amines is 1. The molecule has 5 nitrogen and oxygen atoms in total. The summed E-state index contributed by atoms with van der Waals surface area (Å²) in [6.45, 7) is 0.608. The highest BCUT2D eigenvalue weighted by molar-refractivity contribution is 7.99. The number of aromatic nitrogens is 1. The van der Waals surface area contributed by atoms with E-state index in [0.717, 1.165) is 40.8 Å². The van der Waals surface area contributed by atoms with Crippen molar-refractivity contribution >= 4 is 28.7 Å². The molecule has 2 aromatic rings. The van der Waals surface area contributed by atoms with Gasteiger partial charge in [0.05, 0.1) is 7.11 Å². The van der Waals surface area contributed by atoms with Gasteiger partial charge in [-0.2, -0.15) is 11.8 Å². The lowest BCUT2D eigenvalue weighted by Gasteiger charge is -2.22. The third kappa shape index (κ3) is 3.93. The molecule has 3 rings (SSSR count). The van der Waals surface area contributed by atoms with Crippen LogP contribution >= 0.6 is 11.8 Å². The summed E-state index contributed by atoms with van der Waals surface area (Å²) in [5.41, 5.74) is 2.22. The Labute approximate surface area is 140 Å². The molecule has 0 radical (unpaired) electrons. The standard InChI is InChI=1S/C17H23N3O2S/c1-22-15-6-2-5-14-16(15)12(10-19-14)7-8-18-17(21)20-13-4-3-9-23-11-13/h2,5-6,10,13,19H,3-4,7-9,11H2,1H3,(H2,18,20,21)/t13-/m1/s1. The fourth-order valence-electron chi connectivity index (χ4n) is 2.99. The van der Waals surface area contributed by atoms with Gasteiger partial charge in [0.25, 0.3) is 0 Å². The minimum absolute atomic E-state index is 0.0655. The number of hydrogen-bond acceptors (Lipinski definition) is 3. The molecule has 0 saturated carbocycles. The quantitative estimate of drug-likeness (QED) is 0.788. The maximum atomic E-state index is 12.0. The van der Waals surface area contributed by atoms with Crippen LogP contribution in [0.2, 0.25) is 0 Å². The van der Waals surface area contributed by atoms with Crippen LogP contribution in [0.25, 0.3) is 10.9 Å². The van der Waals surface area contributed by atoms with Crippen molar-refractivity contribution in [3.05, 3.63) is 30.0 Å². The summed E-state index contributed by atoms with van der Waals surface area (Å²) in [6.07, 6.45) is 5.03. The SMILES string of the molecule is COc1cccc2[nH]cc(CCNC(=O)N[C@@H]3CCCSC3)c12. The van der Waals surface area contributed by atoms with Gasteiger partial charge in [0.2, 0.25) is 0 Å². The predicted octanol–water partition coefficient (Wildman–Crippen LogP) is 2.91. The number of carbonyl (C=O) groups is 1. The van der Waals surface area contributed by atoms with E-state index in [0.29, 0.717) is 12.6 Å². The number of carbonyl (C=O) groups excluding carboxylic acids is 1. The lowest BCUT2D eigenvalue weighted by atomic mass is 10.1. The number of benzene rings is 1. The average Bonchev–Trinajstić information content (AvgIpc) is 2.99. The van der Waals surface area contributed by atoms with Gasteiger partial charge in [-0.05, 0) is 42.7 Å². The summed E-state index contributed by atoms with van der Waals surface area (Å²) in [5, 5.41) is 7.11. The molecule has 2 heterocycles. The molecular weight excluding hydrogens is 310 g/mol. The van der Waals surface area contributed by atoms with E-state index in [2.05, 4.69) is 15.6 Å². The second kappa shape index (κ2) is 7.64. The largest absolute Gasteiger partial charge is 0.496 e. The Kier molecular flexibility index (Phi) is 5.33. The number of amides is 2. The second-order valence-electron chi connectivity index (χ2n) is 5.76. The summed E-state index contributed by atoms with van der Waals surface area (Å²) >= 11 is 1.91. The predicted molar refractivity (Wildman–Crippen MR) is 95.4 cm³/mol. The monoisotopic (exact) mass is 333 g/mol. The van der Waals surface area contributed by atoms with Crippen LogP contribution in [0.4, 0.5) is 4.79 Å². The molecule has 1 aromatic heterocycles. The van der Waals surface area contributed by atoms with Crippen LogP contribution < -0.4 is 15.4 Å². The van der Waals surface area contributed by atoms with Gasteiger partial charge in [-0.1, -0.05) is 6.07 Å². The summed E-state index contributed by atoms with van der Waals surface area (Å²) in [7, 11) is 1.68. The van der Waals surface area contributed by atoms with Crippen molar-refractivity contribution in [2.45, 2.75) is 25.3 Å². The van der Waals surface area contributed by atoms with Crippen LogP contribution in [0.3, 0.4) is 0 Å². The van der Waals surface area contributed by atoms with E-state index in [1.54, 1.807) is 7.11 Å². The molecule has 124 valence electrons. The Bertz CT molecular complexity index is 665. The van der Waals surface area contributed by atoms with Crippen molar-refractivity contribution < 1.29 is 9.53 Å². The number of urea groups is 1. The van der Waals surface area contributed by atoms with E-state index < -0.39 is 0 Å². The molecule has 1 saturated heterocycles. The first-order valence-corrected chi connectivity index (χ1v) is 9.18. The summed E-state index contributed by atoms with van der Waals surface area (Å²) in [6, 6.07) is 6.20. The topological polar surface area (TPSA) is 66.1 Å². The molecule has 0 aliphatic carbocycles. The van der Waals surface area contributed by atoms with E-state index in [9.17, 15) is 4.79 Å². The normalized spacial score (nSPS) is 17.9. The number of methoxy groups -OCH3 is 1. The van der Waals surface area contributed by atoms with Crippen LogP contribution in [0.15, 0.2) is 24.4 Å². The molecule has 1 fully saturated rings. The molecule has 23 heavy (non-hydrogen) atoms. The van der Waals surface area contributed by atoms with E-state index in [-0.39, 0.29) is 6.03 Å². The van der Waals surface area contributed by atoms with Crippen molar-refractivity contribution in [3.8, 4) is 5.75 Å². The van der Waals surface area contributed by atoms with Crippen LogP contribution in [0, 0.1) is 0 Å². The second-order valence-corrected chi connectivity index (χ2v) is 6.91. The molecule has 6 heteroatoms. The van der Waals surface area contributed by atoms with Crippen LogP contribution in [0.1, 0.15) is 18.4 Å². The fourth-order valence-corrected chi connectivity index (χ4v) is 4.06. The van der Waals surface area contributed by atoms with Crippen molar-refractivity contribution in [2.24, 2.45) is 0 Å². The summed E-state index contributed by atoms with van der Waals surface area (Å²) in [5.74, 6) is 3.09. The smallest absolute Gasteiger partial charge is 0.315 e. The van der Waals surface area contributed by atoms with Crippen LogP contribution in [-0.2, 0) is 6.42 Å². The number of thioether (sulfide) groups is 1. The number of fused-ring (bicyclic) bond motifs is 1. The number of ether oxygens (including phenoxy) is 1. The molecule has 3 N–H and O–H groups in total. The number of nitrogens with one attached hydrogen (secondary N) is 3. The van der Waals surface area contributed by atoms with Gasteiger partial charge in [-0.15, -0.1) is 0 Å². The van der Waals surface area contributed by atoms with Gasteiger partial charge < -0.3 is 20.4 Å². The summed E-state index contributed by atoms with van der Waals surface area (Å²) < 4.78 is 5.43.